The molecule has 25 heavy (non-hydrogen) atoms. The monoisotopic (exact) mass is 382 g/mol. The second kappa shape index (κ2) is 6.65. The van der Waals surface area contributed by atoms with Gasteiger partial charge in [-0.15, -0.1) is 5.10 Å². The average molecular weight is 383 g/mol. The molecular formula is C16H16Cl2N4O3. The maximum atomic E-state index is 12.8. The van der Waals surface area contributed by atoms with Crippen molar-refractivity contribution in [2.45, 2.75) is 38.8 Å². The molecule has 2 aromatic rings. The van der Waals surface area contributed by atoms with Crippen LogP contribution >= 0.6 is 23.2 Å². The van der Waals surface area contributed by atoms with Crippen molar-refractivity contribution in [1.29, 1.82) is 0 Å². The van der Waals surface area contributed by atoms with Gasteiger partial charge in [-0.2, -0.15) is 0 Å². The van der Waals surface area contributed by atoms with Crippen LogP contribution in [0, 0.1) is 6.92 Å². The molecule has 1 N–H and O–H groups in total. The number of para-hydroxylation sites is 1. The fraction of sp³-hybridized carbons (Fsp3) is 0.375. The maximum absolute atomic E-state index is 12.8. The van der Waals surface area contributed by atoms with Crippen molar-refractivity contribution in [3.8, 4) is 5.69 Å². The van der Waals surface area contributed by atoms with Gasteiger partial charge < -0.3 is 10.0 Å². The molecule has 7 nitrogen and oxygen atoms in total. The van der Waals surface area contributed by atoms with E-state index in [1.54, 1.807) is 25.1 Å². The molecule has 1 atom stereocenters. The number of carbonyl (C=O) groups is 2. The van der Waals surface area contributed by atoms with Gasteiger partial charge in [0, 0.05) is 6.04 Å². The predicted octanol–water partition coefficient (Wildman–Crippen LogP) is 2.96. The van der Waals surface area contributed by atoms with Crippen molar-refractivity contribution < 1.29 is 14.7 Å². The van der Waals surface area contributed by atoms with E-state index in [4.69, 9.17) is 23.2 Å². The molecule has 0 saturated heterocycles. The summed E-state index contributed by atoms with van der Waals surface area (Å²) >= 11 is 12.4. The van der Waals surface area contributed by atoms with Crippen LogP contribution in [0.4, 0.5) is 0 Å². The molecule has 0 radical (unpaired) electrons. The van der Waals surface area contributed by atoms with Crippen LogP contribution < -0.4 is 0 Å². The van der Waals surface area contributed by atoms with Gasteiger partial charge in [0.25, 0.3) is 5.91 Å². The molecule has 1 aromatic carbocycles. The number of carboxylic acids is 1. The van der Waals surface area contributed by atoms with E-state index in [2.05, 4.69) is 10.1 Å². The molecule has 1 amide bonds. The van der Waals surface area contributed by atoms with Gasteiger partial charge in [0.2, 0.25) is 5.82 Å². The van der Waals surface area contributed by atoms with E-state index in [1.165, 1.54) is 16.5 Å². The van der Waals surface area contributed by atoms with Crippen molar-refractivity contribution in [1.82, 2.24) is 19.7 Å². The molecule has 0 aliphatic heterocycles. The Balaban J connectivity index is 1.99. The molecule has 1 heterocycles. The van der Waals surface area contributed by atoms with E-state index < -0.39 is 17.9 Å². The molecular weight excluding hydrogens is 367 g/mol. The van der Waals surface area contributed by atoms with E-state index in [1.807, 2.05) is 0 Å². The van der Waals surface area contributed by atoms with Crippen molar-refractivity contribution in [3.63, 3.8) is 0 Å². The van der Waals surface area contributed by atoms with E-state index in [-0.39, 0.29) is 11.9 Å². The summed E-state index contributed by atoms with van der Waals surface area (Å²) in [5.41, 5.74) is 0.430. The Morgan fingerprint density at radius 1 is 1.32 bits per heavy atom. The third kappa shape index (κ3) is 3.34. The van der Waals surface area contributed by atoms with Crippen LogP contribution in [0.2, 0.25) is 10.0 Å². The van der Waals surface area contributed by atoms with Gasteiger partial charge in [-0.05, 0) is 38.8 Å². The van der Waals surface area contributed by atoms with Gasteiger partial charge >= 0.3 is 5.97 Å². The first-order chi connectivity index (χ1) is 11.8. The van der Waals surface area contributed by atoms with Crippen molar-refractivity contribution >= 4 is 35.1 Å². The van der Waals surface area contributed by atoms with Crippen LogP contribution in [0.15, 0.2) is 18.2 Å². The van der Waals surface area contributed by atoms with Gasteiger partial charge in [0.1, 0.15) is 17.6 Å². The lowest BCUT2D eigenvalue weighted by Gasteiger charge is -2.25. The fourth-order valence-corrected chi connectivity index (χ4v) is 3.19. The lowest BCUT2D eigenvalue weighted by atomic mass is 10.2. The van der Waals surface area contributed by atoms with Gasteiger partial charge in [0.15, 0.2) is 0 Å². The number of rotatable bonds is 5. The minimum atomic E-state index is -1.06. The first-order valence-electron chi connectivity index (χ1n) is 7.74. The van der Waals surface area contributed by atoms with Crippen molar-refractivity contribution in [2.75, 3.05) is 0 Å². The van der Waals surface area contributed by atoms with E-state index >= 15 is 0 Å². The summed E-state index contributed by atoms with van der Waals surface area (Å²) in [7, 11) is 0. The number of hydrogen-bond acceptors (Lipinski definition) is 4. The van der Waals surface area contributed by atoms with Crippen LogP contribution in [-0.4, -0.2) is 48.7 Å². The number of aliphatic carboxylic acids is 1. The summed E-state index contributed by atoms with van der Waals surface area (Å²) in [6, 6.07) is 3.99. The van der Waals surface area contributed by atoms with Crippen LogP contribution in [-0.2, 0) is 4.79 Å². The van der Waals surface area contributed by atoms with Gasteiger partial charge in [0.05, 0.1) is 10.0 Å². The Morgan fingerprint density at radius 3 is 2.44 bits per heavy atom. The van der Waals surface area contributed by atoms with Gasteiger partial charge in [-0.3, -0.25) is 4.79 Å². The molecule has 1 fully saturated rings. The van der Waals surface area contributed by atoms with Gasteiger partial charge in [-0.25, -0.2) is 14.5 Å². The molecule has 0 bridgehead atoms. The number of carboxylic acid groups (broad SMARTS) is 1. The predicted molar refractivity (Wildman–Crippen MR) is 92.4 cm³/mol. The average Bonchev–Trinajstić information content (AvgIpc) is 3.30. The maximum Gasteiger partial charge on any atom is 0.326 e. The van der Waals surface area contributed by atoms with E-state index in [0.717, 1.165) is 12.8 Å². The Bertz CT molecular complexity index is 828. The van der Waals surface area contributed by atoms with Crippen molar-refractivity contribution in [3.05, 3.63) is 39.9 Å². The fourth-order valence-electron chi connectivity index (χ4n) is 2.63. The molecule has 1 aromatic heterocycles. The molecule has 0 spiro atoms. The summed E-state index contributed by atoms with van der Waals surface area (Å²) in [4.78, 5) is 29.6. The lowest BCUT2D eigenvalue weighted by molar-refractivity contribution is -0.141. The number of halogens is 2. The molecule has 1 unspecified atom stereocenters. The quantitative estimate of drug-likeness (QED) is 0.858. The van der Waals surface area contributed by atoms with Crippen molar-refractivity contribution in [2.24, 2.45) is 0 Å². The summed E-state index contributed by atoms with van der Waals surface area (Å²) in [6.45, 7) is 3.15. The number of amides is 1. The number of carbonyl (C=O) groups excluding carboxylic acids is 1. The minimum absolute atomic E-state index is 0.0755. The number of nitrogens with zero attached hydrogens (tertiary/aromatic N) is 4. The number of aromatic nitrogens is 3. The minimum Gasteiger partial charge on any atom is -0.480 e. The highest BCUT2D eigenvalue weighted by Gasteiger charge is 2.40. The summed E-state index contributed by atoms with van der Waals surface area (Å²) in [6.07, 6.45) is 1.55. The molecule has 9 heteroatoms. The highest BCUT2D eigenvalue weighted by Crippen LogP contribution is 2.31. The van der Waals surface area contributed by atoms with Crippen LogP contribution in [0.1, 0.15) is 36.2 Å². The molecule has 1 aliphatic carbocycles. The highest BCUT2D eigenvalue weighted by atomic mass is 35.5. The standard InChI is InChI=1S/C16H16Cl2N4O3/c1-8(16(24)25)21(10-6-7-10)15(23)14-19-9(2)22(20-14)13-11(17)4-3-5-12(13)18/h3-5,8,10H,6-7H2,1-2H3,(H,24,25). The van der Waals surface area contributed by atoms with Crippen LogP contribution in [0.5, 0.6) is 0 Å². The normalized spacial score (nSPS) is 15.0. The zero-order valence-corrected chi connectivity index (χ0v) is 15.1. The van der Waals surface area contributed by atoms with Gasteiger partial charge in [-0.1, -0.05) is 29.3 Å². The van der Waals surface area contributed by atoms with E-state index in [9.17, 15) is 14.7 Å². The Labute approximate surface area is 154 Å². The van der Waals surface area contributed by atoms with Crippen LogP contribution in [0.25, 0.3) is 5.69 Å². The number of hydrogen-bond donors (Lipinski definition) is 1. The summed E-state index contributed by atoms with van der Waals surface area (Å²) in [5, 5.41) is 14.2. The number of aryl methyl sites for hydroxylation is 1. The van der Waals surface area contributed by atoms with Crippen LogP contribution in [0.3, 0.4) is 0 Å². The Morgan fingerprint density at radius 2 is 1.92 bits per heavy atom. The SMILES string of the molecule is Cc1nc(C(=O)N(C2CC2)C(C)C(=O)O)nn1-c1c(Cl)cccc1Cl. The molecule has 1 saturated carbocycles. The third-order valence-electron chi connectivity index (χ3n) is 4.06. The first-order valence-corrected chi connectivity index (χ1v) is 8.50. The molecule has 132 valence electrons. The topological polar surface area (TPSA) is 88.3 Å². The Kier molecular flexibility index (Phi) is 4.71. The Hall–Kier alpha value is -2.12. The zero-order valence-electron chi connectivity index (χ0n) is 13.6. The zero-order chi connectivity index (χ0) is 18.3. The summed E-state index contributed by atoms with van der Waals surface area (Å²) in [5.74, 6) is -1.22. The lowest BCUT2D eigenvalue weighted by Crippen LogP contribution is -2.45. The molecule has 1 aliphatic rings. The second-order valence-corrected chi connectivity index (χ2v) is 6.74. The van der Waals surface area contributed by atoms with E-state index in [0.29, 0.717) is 21.6 Å². The first kappa shape index (κ1) is 17.7. The summed E-state index contributed by atoms with van der Waals surface area (Å²) < 4.78 is 1.40. The molecule has 3 rings (SSSR count). The third-order valence-corrected chi connectivity index (χ3v) is 4.67. The smallest absolute Gasteiger partial charge is 0.326 e. The second-order valence-electron chi connectivity index (χ2n) is 5.92. The largest absolute Gasteiger partial charge is 0.480 e. The number of benzene rings is 1. The highest BCUT2D eigenvalue weighted by molar-refractivity contribution is 6.37.